The molecule has 0 spiro atoms. The van der Waals surface area contributed by atoms with Gasteiger partial charge in [0, 0.05) is 12.2 Å². The minimum Gasteiger partial charge on any atom is -0.384 e. The molecule has 0 radical (unpaired) electrons. The van der Waals surface area contributed by atoms with Crippen LogP contribution in [0.4, 0.5) is 5.69 Å². The summed E-state index contributed by atoms with van der Waals surface area (Å²) in [5.74, 6) is 0. The highest BCUT2D eigenvalue weighted by molar-refractivity contribution is 6.50. The van der Waals surface area contributed by atoms with Crippen LogP contribution in [0.1, 0.15) is 33.3 Å². The number of para-hydroxylation sites is 1. The van der Waals surface area contributed by atoms with Crippen LogP contribution in [0.25, 0.3) is 0 Å². The van der Waals surface area contributed by atoms with Crippen molar-refractivity contribution >= 4 is 12.9 Å². The quantitative estimate of drug-likeness (QED) is 0.787. The molecule has 1 saturated heterocycles. The normalized spacial score (nSPS) is 18.9. The number of hydrogen-bond acceptors (Lipinski definition) is 3. The van der Waals surface area contributed by atoms with Crippen molar-refractivity contribution in [2.75, 3.05) is 4.81 Å². The Labute approximate surface area is 139 Å². The molecule has 0 atom stereocenters. The first-order valence-corrected chi connectivity index (χ1v) is 8.10. The van der Waals surface area contributed by atoms with Gasteiger partial charge in [-0.15, -0.1) is 0 Å². The van der Waals surface area contributed by atoms with Gasteiger partial charge in [0.2, 0.25) is 0 Å². The van der Waals surface area contributed by atoms with Gasteiger partial charge in [-0.05, 0) is 45.4 Å². The summed E-state index contributed by atoms with van der Waals surface area (Å²) < 4.78 is 12.5. The second kappa shape index (κ2) is 6.02. The van der Waals surface area contributed by atoms with Gasteiger partial charge in [-0.25, -0.2) is 0 Å². The van der Waals surface area contributed by atoms with Crippen LogP contribution < -0.4 is 4.81 Å². The molecule has 3 nitrogen and oxygen atoms in total. The van der Waals surface area contributed by atoms with Gasteiger partial charge in [0.1, 0.15) is 0 Å². The molecule has 0 bridgehead atoms. The highest BCUT2D eigenvalue weighted by Gasteiger charge is 2.54. The minimum absolute atomic E-state index is 0.346. The average Bonchev–Trinajstić information content (AvgIpc) is 2.75. The second-order valence-corrected chi connectivity index (χ2v) is 7.01. The number of nitrogens with zero attached hydrogens (tertiary/aromatic N) is 1. The van der Waals surface area contributed by atoms with Gasteiger partial charge in [-0.1, -0.05) is 48.5 Å². The van der Waals surface area contributed by atoms with Crippen LogP contribution in [0, 0.1) is 0 Å². The Morgan fingerprint density at radius 3 is 1.78 bits per heavy atom. The zero-order chi connectivity index (χ0) is 16.5. The lowest BCUT2D eigenvalue weighted by Crippen LogP contribution is -2.42. The zero-order valence-electron chi connectivity index (χ0n) is 14.3. The molecular formula is C19H24BNO2. The Morgan fingerprint density at radius 2 is 1.26 bits per heavy atom. The third-order valence-electron chi connectivity index (χ3n) is 4.78. The monoisotopic (exact) mass is 309 g/mol. The van der Waals surface area contributed by atoms with E-state index in [0.29, 0.717) is 0 Å². The Balaban J connectivity index is 1.91. The van der Waals surface area contributed by atoms with Crippen LogP contribution in [0.5, 0.6) is 0 Å². The Hall–Kier alpha value is -1.78. The lowest BCUT2D eigenvalue weighted by atomic mass is 9.90. The van der Waals surface area contributed by atoms with E-state index in [1.54, 1.807) is 0 Å². The molecule has 0 N–H and O–H groups in total. The van der Waals surface area contributed by atoms with E-state index in [9.17, 15) is 0 Å². The van der Waals surface area contributed by atoms with Gasteiger partial charge in [0.05, 0.1) is 11.2 Å². The molecule has 0 amide bonds. The fourth-order valence-electron chi connectivity index (χ4n) is 2.63. The maximum atomic E-state index is 6.26. The Morgan fingerprint density at radius 1 is 0.783 bits per heavy atom. The molecule has 0 aromatic heterocycles. The summed E-state index contributed by atoms with van der Waals surface area (Å²) >= 11 is 0. The molecule has 0 saturated carbocycles. The molecule has 1 fully saturated rings. The van der Waals surface area contributed by atoms with E-state index in [4.69, 9.17) is 9.31 Å². The van der Waals surface area contributed by atoms with Crippen molar-refractivity contribution in [1.82, 2.24) is 0 Å². The second-order valence-electron chi connectivity index (χ2n) is 7.01. The van der Waals surface area contributed by atoms with Crippen LogP contribution in [-0.2, 0) is 15.9 Å². The van der Waals surface area contributed by atoms with E-state index in [0.717, 1.165) is 12.2 Å². The van der Waals surface area contributed by atoms with E-state index in [-0.39, 0.29) is 11.2 Å². The first-order valence-electron chi connectivity index (χ1n) is 8.10. The van der Waals surface area contributed by atoms with Gasteiger partial charge in [0.15, 0.2) is 0 Å². The summed E-state index contributed by atoms with van der Waals surface area (Å²) in [6, 6.07) is 20.7. The van der Waals surface area contributed by atoms with E-state index in [1.807, 2.05) is 24.3 Å². The van der Waals surface area contributed by atoms with E-state index in [1.165, 1.54) is 5.56 Å². The molecule has 1 aliphatic rings. The zero-order valence-corrected chi connectivity index (χ0v) is 14.3. The highest BCUT2D eigenvalue weighted by atomic mass is 16.7. The topological polar surface area (TPSA) is 21.7 Å². The number of anilines is 1. The lowest BCUT2D eigenvalue weighted by Gasteiger charge is -2.32. The third-order valence-corrected chi connectivity index (χ3v) is 4.78. The summed E-state index contributed by atoms with van der Waals surface area (Å²) in [4.78, 5) is 2.17. The molecule has 2 aromatic carbocycles. The third kappa shape index (κ3) is 3.28. The van der Waals surface area contributed by atoms with Crippen molar-refractivity contribution < 1.29 is 9.31 Å². The maximum absolute atomic E-state index is 6.26. The molecule has 0 unspecified atom stereocenters. The molecule has 2 aromatic rings. The van der Waals surface area contributed by atoms with Crippen LogP contribution in [0.2, 0.25) is 0 Å². The molecule has 0 aliphatic carbocycles. The fraction of sp³-hybridized carbons (Fsp3) is 0.368. The summed E-state index contributed by atoms with van der Waals surface area (Å²) in [5.41, 5.74) is 1.63. The van der Waals surface area contributed by atoms with E-state index in [2.05, 4.69) is 68.9 Å². The van der Waals surface area contributed by atoms with Gasteiger partial charge >= 0.3 is 7.25 Å². The first-order chi connectivity index (χ1) is 10.9. The largest absolute Gasteiger partial charge is 0.594 e. The van der Waals surface area contributed by atoms with Crippen LogP contribution >= 0.6 is 0 Å². The molecular weight excluding hydrogens is 285 g/mol. The smallest absolute Gasteiger partial charge is 0.384 e. The SMILES string of the molecule is CC1(C)OB(N(Cc2ccccc2)c2ccccc2)OC1(C)C. The Bertz CT molecular complexity index is 627. The fourth-order valence-corrected chi connectivity index (χ4v) is 2.63. The van der Waals surface area contributed by atoms with Crippen molar-refractivity contribution in [2.45, 2.75) is 45.4 Å². The summed E-state index contributed by atoms with van der Waals surface area (Å²) in [6.07, 6.45) is 0. The van der Waals surface area contributed by atoms with Crippen molar-refractivity contribution in [1.29, 1.82) is 0 Å². The predicted octanol–water partition coefficient (Wildman–Crippen LogP) is 4.28. The maximum Gasteiger partial charge on any atom is 0.594 e. The van der Waals surface area contributed by atoms with Gasteiger partial charge in [0.25, 0.3) is 0 Å². The molecule has 1 heterocycles. The van der Waals surface area contributed by atoms with Gasteiger partial charge < -0.3 is 14.1 Å². The van der Waals surface area contributed by atoms with Crippen LogP contribution in [0.15, 0.2) is 60.7 Å². The minimum atomic E-state index is -0.400. The van der Waals surface area contributed by atoms with Gasteiger partial charge in [-0.3, -0.25) is 0 Å². The number of hydrogen-bond donors (Lipinski definition) is 0. The van der Waals surface area contributed by atoms with Crippen molar-refractivity contribution in [3.8, 4) is 0 Å². The van der Waals surface area contributed by atoms with E-state index >= 15 is 0 Å². The number of rotatable bonds is 4. The van der Waals surface area contributed by atoms with Crippen LogP contribution in [0.3, 0.4) is 0 Å². The van der Waals surface area contributed by atoms with Crippen molar-refractivity contribution in [3.05, 3.63) is 66.2 Å². The molecule has 4 heteroatoms. The van der Waals surface area contributed by atoms with E-state index < -0.39 is 7.25 Å². The molecule has 3 rings (SSSR count). The predicted molar refractivity (Wildman–Crippen MR) is 95.1 cm³/mol. The van der Waals surface area contributed by atoms with Crippen LogP contribution in [-0.4, -0.2) is 18.5 Å². The standard InChI is InChI=1S/C19H24BNO2/c1-18(2)19(3,4)23-20(22-18)21(17-13-9-6-10-14-17)15-16-11-7-5-8-12-16/h5-14H,15H2,1-4H3. The van der Waals surface area contributed by atoms with Crippen molar-refractivity contribution in [3.63, 3.8) is 0 Å². The highest BCUT2D eigenvalue weighted by Crippen LogP contribution is 2.39. The average molecular weight is 309 g/mol. The molecule has 23 heavy (non-hydrogen) atoms. The lowest BCUT2D eigenvalue weighted by molar-refractivity contribution is 0.00578. The first kappa shape index (κ1) is 16.1. The number of benzene rings is 2. The molecule has 120 valence electrons. The summed E-state index contributed by atoms with van der Waals surface area (Å²) in [5, 5.41) is 0. The molecule has 1 aliphatic heterocycles. The van der Waals surface area contributed by atoms with Gasteiger partial charge in [-0.2, -0.15) is 0 Å². The summed E-state index contributed by atoms with van der Waals surface area (Å²) in [6.45, 7) is 9.07. The summed E-state index contributed by atoms with van der Waals surface area (Å²) in [7, 11) is -0.400. The Kier molecular flexibility index (Phi) is 4.22. The van der Waals surface area contributed by atoms with Crippen molar-refractivity contribution in [2.24, 2.45) is 0 Å².